The van der Waals surface area contributed by atoms with Gasteiger partial charge >= 0.3 is 0 Å². The minimum absolute atomic E-state index is 0.00187. The van der Waals surface area contributed by atoms with Gasteiger partial charge < -0.3 is 9.80 Å². The highest BCUT2D eigenvalue weighted by atomic mass is 32.1. The van der Waals surface area contributed by atoms with Crippen molar-refractivity contribution < 1.29 is 9.72 Å². The number of nitro benzene ring substituents is 1. The number of carbonyl (C=O) groups excluding carboxylic acids is 1. The molecular weight excluding hydrogens is 380 g/mol. The maximum atomic E-state index is 12.8. The maximum absolute atomic E-state index is 12.8. The zero-order chi connectivity index (χ0) is 19.8. The number of nitro groups is 1. The highest BCUT2D eigenvalue weighted by Gasteiger charge is 2.26. The quantitative estimate of drug-likeness (QED) is 0.493. The Morgan fingerprint density at radius 3 is 2.68 bits per heavy atom. The largest absolute Gasteiger partial charge is 0.345 e. The monoisotopic (exact) mass is 400 g/mol. The van der Waals surface area contributed by atoms with E-state index in [4.69, 9.17) is 0 Å². The van der Waals surface area contributed by atoms with Gasteiger partial charge in [-0.3, -0.25) is 19.6 Å². The van der Waals surface area contributed by atoms with Gasteiger partial charge in [-0.2, -0.15) is 5.10 Å². The molecule has 0 saturated carbocycles. The second-order valence-electron chi connectivity index (χ2n) is 6.67. The van der Waals surface area contributed by atoms with Crippen LogP contribution in [-0.2, 0) is 6.54 Å². The van der Waals surface area contributed by atoms with Gasteiger partial charge in [0.05, 0.1) is 20.8 Å². The van der Waals surface area contributed by atoms with Gasteiger partial charge in [-0.1, -0.05) is 11.3 Å². The van der Waals surface area contributed by atoms with Crippen molar-refractivity contribution in [3.8, 4) is 0 Å². The van der Waals surface area contributed by atoms with E-state index in [1.807, 2.05) is 24.8 Å². The Hall–Kier alpha value is -3.01. The van der Waals surface area contributed by atoms with E-state index in [0.29, 0.717) is 38.4 Å². The third-order valence-electron chi connectivity index (χ3n) is 4.83. The number of hydrogen-bond acceptors (Lipinski definition) is 7. The summed E-state index contributed by atoms with van der Waals surface area (Å²) in [5.41, 5.74) is 2.29. The van der Waals surface area contributed by atoms with E-state index in [1.165, 1.54) is 17.4 Å². The smallest absolute Gasteiger partial charge is 0.272 e. The van der Waals surface area contributed by atoms with Crippen LogP contribution in [0.25, 0.3) is 10.2 Å². The summed E-state index contributed by atoms with van der Waals surface area (Å²) in [5, 5.41) is 16.1. The standard InChI is InChI=1S/C18H20N6O3S/c1-3-23-15(10-12(2)20-23)17(25)21-6-8-22(9-7-21)18-19-14-5-4-13(24(26)27)11-16(14)28-18/h4-5,10-11H,3,6-9H2,1-2H3. The molecule has 0 spiro atoms. The number of benzene rings is 1. The van der Waals surface area contributed by atoms with Crippen LogP contribution in [0.2, 0.25) is 0 Å². The van der Waals surface area contributed by atoms with Crippen molar-refractivity contribution in [2.75, 3.05) is 31.1 Å². The Labute approximate surface area is 165 Å². The van der Waals surface area contributed by atoms with Crippen molar-refractivity contribution in [3.63, 3.8) is 0 Å². The number of anilines is 1. The molecule has 0 unspecified atom stereocenters. The molecule has 28 heavy (non-hydrogen) atoms. The van der Waals surface area contributed by atoms with E-state index in [2.05, 4.69) is 15.0 Å². The lowest BCUT2D eigenvalue weighted by Gasteiger charge is -2.34. The van der Waals surface area contributed by atoms with Gasteiger partial charge in [0.1, 0.15) is 5.69 Å². The molecule has 1 amide bonds. The molecule has 1 aliphatic heterocycles. The maximum Gasteiger partial charge on any atom is 0.272 e. The molecule has 0 aliphatic carbocycles. The summed E-state index contributed by atoms with van der Waals surface area (Å²) in [4.78, 5) is 32.0. The molecule has 0 atom stereocenters. The molecule has 2 aromatic heterocycles. The fourth-order valence-corrected chi connectivity index (χ4v) is 4.42. The first-order valence-electron chi connectivity index (χ1n) is 9.10. The van der Waals surface area contributed by atoms with Crippen LogP contribution in [0, 0.1) is 17.0 Å². The van der Waals surface area contributed by atoms with E-state index >= 15 is 0 Å². The van der Waals surface area contributed by atoms with Crippen LogP contribution in [0.4, 0.5) is 10.8 Å². The predicted octanol–water partition coefficient (Wildman–Crippen LogP) is 2.69. The average Bonchev–Trinajstić information content (AvgIpc) is 3.29. The number of carbonyl (C=O) groups is 1. The molecule has 1 saturated heterocycles. The van der Waals surface area contributed by atoms with Gasteiger partial charge in [-0.05, 0) is 26.0 Å². The van der Waals surface area contributed by atoms with E-state index in [0.717, 1.165) is 21.0 Å². The number of thiazole rings is 1. The van der Waals surface area contributed by atoms with Crippen LogP contribution in [0.3, 0.4) is 0 Å². The average molecular weight is 400 g/mol. The van der Waals surface area contributed by atoms with Crippen LogP contribution in [-0.4, -0.2) is 56.7 Å². The van der Waals surface area contributed by atoms with Gasteiger partial charge in [0, 0.05) is 44.9 Å². The SMILES string of the molecule is CCn1nc(C)cc1C(=O)N1CCN(c2nc3ccc([N+](=O)[O-])cc3s2)CC1. The normalized spacial score (nSPS) is 14.6. The zero-order valence-corrected chi connectivity index (χ0v) is 16.5. The van der Waals surface area contributed by atoms with Gasteiger partial charge in [0.25, 0.3) is 11.6 Å². The van der Waals surface area contributed by atoms with Crippen molar-refractivity contribution in [1.82, 2.24) is 19.7 Å². The minimum Gasteiger partial charge on any atom is -0.345 e. The molecule has 0 bridgehead atoms. The van der Waals surface area contributed by atoms with Crippen LogP contribution in [0.1, 0.15) is 23.1 Å². The van der Waals surface area contributed by atoms with Crippen LogP contribution in [0.5, 0.6) is 0 Å². The lowest BCUT2D eigenvalue weighted by atomic mass is 10.2. The molecule has 1 aromatic carbocycles. The molecule has 1 fully saturated rings. The lowest BCUT2D eigenvalue weighted by Crippen LogP contribution is -2.49. The Bertz CT molecular complexity index is 1050. The number of amides is 1. The second kappa shape index (κ2) is 7.19. The lowest BCUT2D eigenvalue weighted by molar-refractivity contribution is -0.384. The topological polar surface area (TPSA) is 97.4 Å². The van der Waals surface area contributed by atoms with Gasteiger partial charge in [0.15, 0.2) is 5.13 Å². The first kappa shape index (κ1) is 18.4. The molecule has 3 heterocycles. The van der Waals surface area contributed by atoms with Crippen molar-refractivity contribution in [3.05, 3.63) is 45.8 Å². The van der Waals surface area contributed by atoms with E-state index in [-0.39, 0.29) is 11.6 Å². The summed E-state index contributed by atoms with van der Waals surface area (Å²) < 4.78 is 2.54. The Kier molecular flexibility index (Phi) is 4.71. The third-order valence-corrected chi connectivity index (χ3v) is 5.91. The summed E-state index contributed by atoms with van der Waals surface area (Å²) in [6, 6.07) is 6.55. The van der Waals surface area contributed by atoms with Gasteiger partial charge in [-0.15, -0.1) is 0 Å². The fourth-order valence-electron chi connectivity index (χ4n) is 3.37. The number of aromatic nitrogens is 3. The first-order chi connectivity index (χ1) is 13.5. The van der Waals surface area contributed by atoms with Crippen LogP contribution >= 0.6 is 11.3 Å². The number of fused-ring (bicyclic) bond motifs is 1. The van der Waals surface area contributed by atoms with E-state index < -0.39 is 4.92 Å². The summed E-state index contributed by atoms with van der Waals surface area (Å²) >= 11 is 1.44. The highest BCUT2D eigenvalue weighted by Crippen LogP contribution is 2.31. The zero-order valence-electron chi connectivity index (χ0n) is 15.7. The Morgan fingerprint density at radius 1 is 1.25 bits per heavy atom. The number of piperazine rings is 1. The summed E-state index contributed by atoms with van der Waals surface area (Å²) in [5.74, 6) is 0.00187. The summed E-state index contributed by atoms with van der Waals surface area (Å²) in [7, 11) is 0. The molecular formula is C18H20N6O3S. The van der Waals surface area contributed by atoms with E-state index in [9.17, 15) is 14.9 Å². The van der Waals surface area contributed by atoms with Crippen molar-refractivity contribution in [2.24, 2.45) is 0 Å². The van der Waals surface area contributed by atoms with Crippen molar-refractivity contribution in [1.29, 1.82) is 0 Å². The van der Waals surface area contributed by atoms with Crippen molar-refractivity contribution in [2.45, 2.75) is 20.4 Å². The Balaban J connectivity index is 1.47. The van der Waals surface area contributed by atoms with Gasteiger partial charge in [-0.25, -0.2) is 4.98 Å². The molecule has 4 rings (SSSR count). The molecule has 146 valence electrons. The number of aryl methyl sites for hydroxylation is 2. The minimum atomic E-state index is -0.397. The highest BCUT2D eigenvalue weighted by molar-refractivity contribution is 7.22. The van der Waals surface area contributed by atoms with Crippen LogP contribution in [0.15, 0.2) is 24.3 Å². The summed E-state index contributed by atoms with van der Waals surface area (Å²) in [6.07, 6.45) is 0. The third kappa shape index (κ3) is 3.31. The van der Waals surface area contributed by atoms with Crippen LogP contribution < -0.4 is 4.90 Å². The predicted molar refractivity (Wildman–Crippen MR) is 107 cm³/mol. The van der Waals surface area contributed by atoms with E-state index in [1.54, 1.807) is 16.8 Å². The van der Waals surface area contributed by atoms with Gasteiger partial charge in [0.2, 0.25) is 0 Å². The Morgan fingerprint density at radius 2 is 2.00 bits per heavy atom. The molecule has 3 aromatic rings. The number of non-ortho nitro benzene ring substituents is 1. The number of nitrogens with zero attached hydrogens (tertiary/aromatic N) is 6. The molecule has 1 aliphatic rings. The molecule has 0 radical (unpaired) electrons. The molecule has 0 N–H and O–H groups in total. The summed E-state index contributed by atoms with van der Waals surface area (Å²) in [6.45, 7) is 7.06. The number of hydrogen-bond donors (Lipinski definition) is 0. The van der Waals surface area contributed by atoms with Crippen molar-refractivity contribution >= 4 is 38.3 Å². The molecule has 10 heteroatoms. The molecule has 9 nitrogen and oxygen atoms in total. The second-order valence-corrected chi connectivity index (χ2v) is 7.68. The fraction of sp³-hybridized carbons (Fsp3) is 0.389. The first-order valence-corrected chi connectivity index (χ1v) is 9.91. The number of rotatable bonds is 4.